The quantitative estimate of drug-likeness (QED) is 0.657. The van der Waals surface area contributed by atoms with Crippen LogP contribution in [0.25, 0.3) is 6.08 Å². The number of hydrogen-bond acceptors (Lipinski definition) is 5. The van der Waals surface area contributed by atoms with Crippen molar-refractivity contribution in [3.8, 4) is 17.6 Å². The molecule has 0 atom stereocenters. The molecule has 1 aliphatic heterocycles. The Balaban J connectivity index is 1.90. The number of benzene rings is 2. The van der Waals surface area contributed by atoms with Gasteiger partial charge < -0.3 is 9.84 Å². The van der Waals surface area contributed by atoms with Crippen molar-refractivity contribution < 1.29 is 19.4 Å². The summed E-state index contributed by atoms with van der Waals surface area (Å²) >= 11 is 0. The van der Waals surface area contributed by atoms with E-state index >= 15 is 0 Å². The predicted octanol–water partition coefficient (Wildman–Crippen LogP) is 1.73. The van der Waals surface area contributed by atoms with Crippen molar-refractivity contribution in [2.75, 3.05) is 12.1 Å². The van der Waals surface area contributed by atoms with Crippen LogP contribution in [-0.2, 0) is 9.59 Å². The lowest BCUT2D eigenvalue weighted by Crippen LogP contribution is -2.35. The lowest BCUT2D eigenvalue weighted by molar-refractivity contribution is -0.117. The largest absolute Gasteiger partial charge is 0.504 e. The number of ether oxygens (including phenoxy) is 1. The molecule has 2 aromatic rings. The number of nitrogens with one attached hydrogen (secondary N) is 1. The van der Waals surface area contributed by atoms with E-state index in [2.05, 4.69) is 5.43 Å². The molecule has 25 heavy (non-hydrogen) atoms. The van der Waals surface area contributed by atoms with Crippen molar-refractivity contribution in [2.24, 2.45) is 0 Å². The number of nitriles is 1. The Morgan fingerprint density at radius 1 is 1.20 bits per heavy atom. The number of phenols is 1. The summed E-state index contributed by atoms with van der Waals surface area (Å²) in [6.45, 7) is 0. The van der Waals surface area contributed by atoms with E-state index in [1.165, 1.54) is 25.3 Å². The number of hydrazine groups is 1. The van der Waals surface area contributed by atoms with Gasteiger partial charge in [0.05, 0.1) is 24.4 Å². The number of nitrogens with zero attached hydrogens (tertiary/aromatic N) is 2. The number of amides is 2. The molecule has 2 N–H and O–H groups in total. The van der Waals surface area contributed by atoms with Crippen LogP contribution in [0.4, 0.5) is 5.69 Å². The fourth-order valence-electron chi connectivity index (χ4n) is 2.39. The van der Waals surface area contributed by atoms with Crippen molar-refractivity contribution in [1.29, 1.82) is 5.26 Å². The number of methoxy groups -OCH3 is 1. The summed E-state index contributed by atoms with van der Waals surface area (Å²) in [4.78, 5) is 24.6. The Bertz CT molecular complexity index is 926. The van der Waals surface area contributed by atoms with Crippen LogP contribution in [0.1, 0.15) is 11.1 Å². The van der Waals surface area contributed by atoms with Gasteiger partial charge in [-0.1, -0.05) is 6.07 Å². The number of anilines is 1. The van der Waals surface area contributed by atoms with Gasteiger partial charge in [0.15, 0.2) is 11.5 Å². The van der Waals surface area contributed by atoms with Gasteiger partial charge >= 0.3 is 0 Å². The minimum Gasteiger partial charge on any atom is -0.504 e. The summed E-state index contributed by atoms with van der Waals surface area (Å²) in [7, 11) is 1.43. The van der Waals surface area contributed by atoms with E-state index in [9.17, 15) is 14.7 Å². The highest BCUT2D eigenvalue weighted by atomic mass is 16.5. The maximum atomic E-state index is 12.5. The van der Waals surface area contributed by atoms with Crippen LogP contribution in [0, 0.1) is 11.3 Å². The van der Waals surface area contributed by atoms with Crippen LogP contribution in [0.2, 0.25) is 0 Å². The maximum Gasteiger partial charge on any atom is 0.282 e. The van der Waals surface area contributed by atoms with E-state index in [-0.39, 0.29) is 11.3 Å². The van der Waals surface area contributed by atoms with E-state index in [4.69, 9.17) is 10.00 Å². The molecule has 1 aliphatic rings. The van der Waals surface area contributed by atoms with Gasteiger partial charge in [0.25, 0.3) is 11.8 Å². The molecule has 0 spiro atoms. The number of carbonyl (C=O) groups is 2. The zero-order chi connectivity index (χ0) is 18.0. The van der Waals surface area contributed by atoms with Crippen LogP contribution in [0.3, 0.4) is 0 Å². The monoisotopic (exact) mass is 335 g/mol. The Labute approximate surface area is 143 Å². The third-order valence-corrected chi connectivity index (χ3v) is 3.66. The van der Waals surface area contributed by atoms with Crippen LogP contribution >= 0.6 is 0 Å². The van der Waals surface area contributed by atoms with Crippen molar-refractivity contribution in [1.82, 2.24) is 5.43 Å². The number of aromatic hydroxyl groups is 1. The molecule has 1 heterocycles. The summed E-state index contributed by atoms with van der Waals surface area (Å²) in [5.41, 5.74) is 3.79. The van der Waals surface area contributed by atoms with E-state index in [0.717, 1.165) is 5.01 Å². The molecule has 2 amide bonds. The molecule has 0 bridgehead atoms. The Morgan fingerprint density at radius 3 is 2.52 bits per heavy atom. The van der Waals surface area contributed by atoms with E-state index < -0.39 is 11.8 Å². The minimum absolute atomic E-state index is 0.0612. The number of phenolic OH excluding ortho intramolecular Hbond substituents is 1. The molecule has 0 aromatic heterocycles. The topological polar surface area (TPSA) is 103 Å². The van der Waals surface area contributed by atoms with Crippen LogP contribution < -0.4 is 15.2 Å². The van der Waals surface area contributed by atoms with Crippen LogP contribution in [0.5, 0.6) is 11.5 Å². The summed E-state index contributed by atoms with van der Waals surface area (Å²) in [5.74, 6) is -0.870. The van der Waals surface area contributed by atoms with E-state index in [1.807, 2.05) is 6.07 Å². The third kappa shape index (κ3) is 3.01. The van der Waals surface area contributed by atoms with Gasteiger partial charge in [-0.3, -0.25) is 15.0 Å². The molecule has 1 fully saturated rings. The first-order valence-electron chi connectivity index (χ1n) is 7.28. The molecule has 124 valence electrons. The van der Waals surface area contributed by atoms with Gasteiger partial charge in [0.1, 0.15) is 5.57 Å². The van der Waals surface area contributed by atoms with Crippen molar-refractivity contribution in [2.45, 2.75) is 0 Å². The lowest BCUT2D eigenvalue weighted by Gasteiger charge is -2.14. The van der Waals surface area contributed by atoms with Gasteiger partial charge in [0.2, 0.25) is 0 Å². The average Bonchev–Trinajstić information content (AvgIpc) is 2.90. The van der Waals surface area contributed by atoms with Gasteiger partial charge in [-0.25, -0.2) is 5.01 Å². The van der Waals surface area contributed by atoms with Crippen LogP contribution in [-0.4, -0.2) is 24.0 Å². The van der Waals surface area contributed by atoms with Gasteiger partial charge in [-0.15, -0.1) is 0 Å². The maximum absolute atomic E-state index is 12.5. The highest BCUT2D eigenvalue weighted by Gasteiger charge is 2.34. The van der Waals surface area contributed by atoms with Gasteiger partial charge in [-0.2, -0.15) is 5.26 Å². The second-order valence-electron chi connectivity index (χ2n) is 5.23. The molecule has 2 aromatic carbocycles. The summed E-state index contributed by atoms with van der Waals surface area (Å²) in [6.07, 6.45) is 1.39. The average molecular weight is 335 g/mol. The molecule has 0 radical (unpaired) electrons. The highest BCUT2D eigenvalue weighted by molar-refractivity contribution is 6.31. The molecule has 0 saturated carbocycles. The zero-order valence-corrected chi connectivity index (χ0v) is 13.2. The Kier molecular flexibility index (Phi) is 4.10. The molecule has 0 unspecified atom stereocenters. The zero-order valence-electron chi connectivity index (χ0n) is 13.2. The Hall–Kier alpha value is -3.79. The van der Waals surface area contributed by atoms with Crippen molar-refractivity contribution in [3.63, 3.8) is 0 Å². The third-order valence-electron chi connectivity index (χ3n) is 3.66. The van der Waals surface area contributed by atoms with E-state index in [0.29, 0.717) is 22.6 Å². The first-order chi connectivity index (χ1) is 12.0. The second-order valence-corrected chi connectivity index (χ2v) is 5.23. The molecule has 7 heteroatoms. The number of rotatable bonds is 3. The fourth-order valence-corrected chi connectivity index (χ4v) is 2.39. The van der Waals surface area contributed by atoms with Gasteiger partial charge in [0, 0.05) is 0 Å². The molecule has 7 nitrogen and oxygen atoms in total. The molecule has 3 rings (SSSR count). The lowest BCUT2D eigenvalue weighted by atomic mass is 10.1. The summed E-state index contributed by atoms with van der Waals surface area (Å²) < 4.78 is 4.96. The Morgan fingerprint density at radius 2 is 1.92 bits per heavy atom. The molecular weight excluding hydrogens is 322 g/mol. The second kappa shape index (κ2) is 6.37. The fraction of sp³-hybridized carbons (Fsp3) is 0.0556. The molecular formula is C18H13N3O4. The standard InChI is InChI=1S/C18H13N3O4/c1-25-16-7-4-12(9-15(16)22)8-14-17(23)20-21(18(14)24)13-5-2-11(10-19)3-6-13/h2-9,22H,1H3,(H,20,23)/b14-8+. The normalized spacial score (nSPS) is 15.2. The predicted molar refractivity (Wildman–Crippen MR) is 89.4 cm³/mol. The summed E-state index contributed by atoms with van der Waals surface area (Å²) in [5, 5.41) is 19.7. The van der Waals surface area contributed by atoms with E-state index in [1.54, 1.807) is 30.3 Å². The number of carbonyl (C=O) groups excluding carboxylic acids is 2. The summed E-state index contributed by atoms with van der Waals surface area (Å²) in [6, 6.07) is 12.8. The molecule has 1 saturated heterocycles. The first kappa shape index (κ1) is 16.1. The molecule has 0 aliphatic carbocycles. The highest BCUT2D eigenvalue weighted by Crippen LogP contribution is 2.28. The van der Waals surface area contributed by atoms with Crippen molar-refractivity contribution >= 4 is 23.6 Å². The SMILES string of the molecule is COc1ccc(/C=C2\C(=O)NN(c3ccc(C#N)cc3)C2=O)cc1O. The smallest absolute Gasteiger partial charge is 0.282 e. The minimum atomic E-state index is -0.551. The van der Waals surface area contributed by atoms with Gasteiger partial charge in [-0.05, 0) is 48.0 Å². The van der Waals surface area contributed by atoms with Crippen LogP contribution in [0.15, 0.2) is 48.0 Å². The first-order valence-corrected chi connectivity index (χ1v) is 7.28. The van der Waals surface area contributed by atoms with Crippen molar-refractivity contribution in [3.05, 3.63) is 59.2 Å². The number of hydrogen-bond donors (Lipinski definition) is 2.